The zero-order valence-electron chi connectivity index (χ0n) is 16.6. The first-order chi connectivity index (χ1) is 13.6. The molecule has 0 fully saturated rings. The van der Waals surface area contributed by atoms with E-state index in [0.29, 0.717) is 31.1 Å². The number of ether oxygens (including phenoxy) is 1. The van der Waals surface area contributed by atoms with Crippen LogP contribution in [-0.2, 0) is 17.6 Å². The van der Waals surface area contributed by atoms with Gasteiger partial charge in [-0.25, -0.2) is 4.98 Å². The van der Waals surface area contributed by atoms with Gasteiger partial charge in [-0.1, -0.05) is 25.1 Å². The second kappa shape index (κ2) is 9.22. The first kappa shape index (κ1) is 19.7. The topological polar surface area (TPSA) is 64.4 Å². The van der Waals surface area contributed by atoms with Crippen LogP contribution in [0.3, 0.4) is 0 Å². The molecule has 1 N–H and O–H groups in total. The van der Waals surface area contributed by atoms with Gasteiger partial charge in [-0.2, -0.15) is 0 Å². The number of anilines is 1. The van der Waals surface area contributed by atoms with Crippen LogP contribution in [0.25, 0.3) is 11.3 Å². The summed E-state index contributed by atoms with van der Waals surface area (Å²) in [6, 6.07) is 13.7. The quantitative estimate of drug-likeness (QED) is 0.586. The second-order valence-electron chi connectivity index (χ2n) is 6.59. The summed E-state index contributed by atoms with van der Waals surface area (Å²) in [4.78, 5) is 16.7. The van der Waals surface area contributed by atoms with E-state index in [0.717, 1.165) is 34.5 Å². The highest BCUT2D eigenvalue weighted by Gasteiger charge is 2.12. The normalized spacial score (nSPS) is 10.7. The molecule has 0 unspecified atom stereocenters. The lowest BCUT2D eigenvalue weighted by Gasteiger charge is -2.12. The summed E-state index contributed by atoms with van der Waals surface area (Å²) in [5, 5.41) is 3.03. The predicted molar refractivity (Wildman–Crippen MR) is 111 cm³/mol. The Bertz CT molecular complexity index is 929. The third-order valence-corrected chi connectivity index (χ3v) is 4.57. The molecular formula is C23H26N2O3. The molecule has 0 atom stereocenters. The molecule has 28 heavy (non-hydrogen) atoms. The van der Waals surface area contributed by atoms with Crippen LogP contribution >= 0.6 is 0 Å². The summed E-state index contributed by atoms with van der Waals surface area (Å²) in [5.41, 5.74) is 4.06. The highest BCUT2D eigenvalue weighted by atomic mass is 16.5. The highest BCUT2D eigenvalue weighted by molar-refractivity contribution is 5.92. The summed E-state index contributed by atoms with van der Waals surface area (Å²) in [5.74, 6) is 2.03. The van der Waals surface area contributed by atoms with E-state index in [1.807, 2.05) is 56.3 Å². The molecule has 1 aromatic heterocycles. The number of nitrogens with zero attached hydrogens (tertiary/aromatic N) is 1. The van der Waals surface area contributed by atoms with Crippen molar-refractivity contribution >= 4 is 11.6 Å². The number of aryl methyl sites for hydroxylation is 3. The number of nitrogens with one attached hydrogen (secondary N) is 1. The second-order valence-corrected chi connectivity index (χ2v) is 6.59. The van der Waals surface area contributed by atoms with E-state index in [1.54, 1.807) is 6.20 Å². The lowest BCUT2D eigenvalue weighted by Crippen LogP contribution is -2.14. The fourth-order valence-electron chi connectivity index (χ4n) is 3.07. The average molecular weight is 378 g/mol. The van der Waals surface area contributed by atoms with E-state index < -0.39 is 0 Å². The molecule has 0 saturated carbocycles. The van der Waals surface area contributed by atoms with Crippen LogP contribution in [0.4, 0.5) is 5.69 Å². The molecule has 0 bridgehead atoms. The molecule has 0 aliphatic rings. The van der Waals surface area contributed by atoms with Crippen molar-refractivity contribution in [2.24, 2.45) is 0 Å². The van der Waals surface area contributed by atoms with Crippen molar-refractivity contribution in [1.82, 2.24) is 4.98 Å². The summed E-state index contributed by atoms with van der Waals surface area (Å²) in [6.07, 6.45) is 3.35. The van der Waals surface area contributed by atoms with E-state index in [9.17, 15) is 4.79 Å². The molecule has 2 aromatic carbocycles. The van der Waals surface area contributed by atoms with E-state index >= 15 is 0 Å². The van der Waals surface area contributed by atoms with Gasteiger partial charge < -0.3 is 14.5 Å². The van der Waals surface area contributed by atoms with Crippen molar-refractivity contribution in [2.45, 2.75) is 40.0 Å². The molecule has 0 spiro atoms. The van der Waals surface area contributed by atoms with Gasteiger partial charge in [0.2, 0.25) is 5.91 Å². The summed E-state index contributed by atoms with van der Waals surface area (Å²) in [6.45, 7) is 6.68. The Morgan fingerprint density at radius 1 is 1.14 bits per heavy atom. The Morgan fingerprint density at radius 3 is 2.64 bits per heavy atom. The van der Waals surface area contributed by atoms with Crippen LogP contribution < -0.4 is 10.1 Å². The Labute approximate surface area is 165 Å². The van der Waals surface area contributed by atoms with Crippen LogP contribution in [0.15, 0.2) is 53.1 Å². The van der Waals surface area contributed by atoms with Crippen LogP contribution in [0.2, 0.25) is 0 Å². The number of hydrogen-bond donors (Lipinski definition) is 1. The Morgan fingerprint density at radius 2 is 1.93 bits per heavy atom. The van der Waals surface area contributed by atoms with E-state index in [1.165, 1.54) is 0 Å². The highest BCUT2D eigenvalue weighted by Crippen LogP contribution is 2.24. The van der Waals surface area contributed by atoms with E-state index in [-0.39, 0.29) is 5.91 Å². The Balaban J connectivity index is 1.59. The number of oxazole rings is 1. The van der Waals surface area contributed by atoms with Crippen LogP contribution in [-0.4, -0.2) is 17.5 Å². The van der Waals surface area contributed by atoms with Crippen LogP contribution in [0.5, 0.6) is 5.75 Å². The minimum absolute atomic E-state index is 0.0372. The number of aromatic nitrogens is 1. The van der Waals surface area contributed by atoms with Crippen molar-refractivity contribution in [3.63, 3.8) is 0 Å². The van der Waals surface area contributed by atoms with Gasteiger partial charge in [-0.15, -0.1) is 0 Å². The molecule has 5 nitrogen and oxygen atoms in total. The molecular weight excluding hydrogens is 352 g/mol. The van der Waals surface area contributed by atoms with Crippen molar-refractivity contribution in [1.29, 1.82) is 0 Å². The fourth-order valence-corrected chi connectivity index (χ4v) is 3.07. The third-order valence-electron chi connectivity index (χ3n) is 4.57. The number of rotatable bonds is 8. The largest absolute Gasteiger partial charge is 0.494 e. The fraction of sp³-hybridized carbons (Fsp3) is 0.304. The molecule has 5 heteroatoms. The molecule has 146 valence electrons. The SMILES string of the molecule is CCOc1ccc(-c2cnc(CCC(=O)Nc3c(C)cccc3CC)o2)cc1. The lowest BCUT2D eigenvalue weighted by atomic mass is 10.1. The summed E-state index contributed by atoms with van der Waals surface area (Å²) in [7, 11) is 0. The van der Waals surface area contributed by atoms with Gasteiger partial charge in [0.05, 0.1) is 12.8 Å². The number of benzene rings is 2. The third kappa shape index (κ3) is 4.80. The van der Waals surface area contributed by atoms with Gasteiger partial charge in [0.15, 0.2) is 11.7 Å². The number of carbonyl (C=O) groups excluding carboxylic acids is 1. The molecule has 0 aliphatic carbocycles. The first-order valence-electron chi connectivity index (χ1n) is 9.67. The van der Waals surface area contributed by atoms with E-state index in [4.69, 9.17) is 9.15 Å². The van der Waals surface area contributed by atoms with Crippen LogP contribution in [0, 0.1) is 6.92 Å². The molecule has 1 amide bonds. The van der Waals surface area contributed by atoms with Gasteiger partial charge >= 0.3 is 0 Å². The van der Waals surface area contributed by atoms with Gasteiger partial charge in [0, 0.05) is 24.1 Å². The van der Waals surface area contributed by atoms with Crippen molar-refractivity contribution in [3.05, 3.63) is 65.7 Å². The first-order valence-corrected chi connectivity index (χ1v) is 9.67. The lowest BCUT2D eigenvalue weighted by molar-refractivity contribution is -0.116. The van der Waals surface area contributed by atoms with Crippen molar-refractivity contribution in [2.75, 3.05) is 11.9 Å². The average Bonchev–Trinajstić information content (AvgIpc) is 3.18. The van der Waals surface area contributed by atoms with E-state index in [2.05, 4.69) is 17.2 Å². The zero-order valence-corrected chi connectivity index (χ0v) is 16.6. The Hall–Kier alpha value is -3.08. The van der Waals surface area contributed by atoms with Gasteiger partial charge in [-0.3, -0.25) is 4.79 Å². The maximum absolute atomic E-state index is 12.4. The minimum Gasteiger partial charge on any atom is -0.494 e. The molecule has 3 rings (SSSR count). The minimum atomic E-state index is -0.0372. The standard InChI is InChI=1S/C23H26N2O3/c1-4-17-8-6-7-16(3)23(17)25-21(26)13-14-22-24-15-20(28-22)18-9-11-19(12-10-18)27-5-2/h6-12,15H,4-5,13-14H2,1-3H3,(H,25,26). The zero-order chi connectivity index (χ0) is 19.9. The molecule has 0 aliphatic heterocycles. The van der Waals surface area contributed by atoms with Crippen molar-refractivity contribution in [3.8, 4) is 17.1 Å². The van der Waals surface area contributed by atoms with Gasteiger partial charge in [0.1, 0.15) is 5.75 Å². The monoisotopic (exact) mass is 378 g/mol. The molecule has 3 aromatic rings. The van der Waals surface area contributed by atoms with Crippen molar-refractivity contribution < 1.29 is 13.9 Å². The van der Waals surface area contributed by atoms with Crippen LogP contribution in [0.1, 0.15) is 37.3 Å². The predicted octanol–water partition coefficient (Wildman–Crippen LogP) is 5.18. The Kier molecular flexibility index (Phi) is 6.48. The number of carbonyl (C=O) groups is 1. The summed E-state index contributed by atoms with van der Waals surface area (Å²) >= 11 is 0. The summed E-state index contributed by atoms with van der Waals surface area (Å²) < 4.78 is 11.3. The molecule has 1 heterocycles. The number of hydrogen-bond acceptors (Lipinski definition) is 4. The molecule has 0 saturated heterocycles. The maximum Gasteiger partial charge on any atom is 0.224 e. The smallest absolute Gasteiger partial charge is 0.224 e. The van der Waals surface area contributed by atoms with Gasteiger partial charge in [0.25, 0.3) is 0 Å². The maximum atomic E-state index is 12.4. The number of para-hydroxylation sites is 1. The number of amides is 1. The molecule has 0 radical (unpaired) electrons. The van der Waals surface area contributed by atoms with Gasteiger partial charge in [-0.05, 0) is 55.7 Å².